The molecule has 24 heavy (non-hydrogen) atoms. The van der Waals surface area contributed by atoms with Gasteiger partial charge in [-0.2, -0.15) is 0 Å². The van der Waals surface area contributed by atoms with Crippen LogP contribution in [0.15, 0.2) is 0 Å². The molecule has 142 valence electrons. The molecule has 0 aromatic rings. The molecule has 4 atom stereocenters. The first-order valence-corrected chi connectivity index (χ1v) is 8.66. The highest BCUT2D eigenvalue weighted by atomic mass is 35.5. The molecule has 3 rings (SSSR count). The van der Waals surface area contributed by atoms with Crippen LogP contribution >= 0.6 is 24.8 Å². The van der Waals surface area contributed by atoms with Crippen molar-refractivity contribution < 1.29 is 9.53 Å². The van der Waals surface area contributed by atoms with Gasteiger partial charge < -0.3 is 20.3 Å². The lowest BCUT2D eigenvalue weighted by molar-refractivity contribution is -0.230. The molecule has 3 aliphatic rings. The molecule has 2 N–H and O–H groups in total. The summed E-state index contributed by atoms with van der Waals surface area (Å²) in [4.78, 5) is 17.5. The van der Waals surface area contributed by atoms with Crippen LogP contribution in [0.4, 0.5) is 0 Å². The van der Waals surface area contributed by atoms with E-state index in [4.69, 9.17) is 10.5 Å². The highest BCUT2D eigenvalue weighted by molar-refractivity contribution is 5.89. The van der Waals surface area contributed by atoms with Crippen molar-refractivity contribution in [3.63, 3.8) is 0 Å². The van der Waals surface area contributed by atoms with E-state index in [1.807, 2.05) is 4.90 Å². The summed E-state index contributed by atoms with van der Waals surface area (Å²) >= 11 is 0. The summed E-state index contributed by atoms with van der Waals surface area (Å²) in [5, 5.41) is 0. The predicted molar refractivity (Wildman–Crippen MR) is 101 cm³/mol. The monoisotopic (exact) mass is 381 g/mol. The SMILES string of the molecule is CN(C)C1CCCN(C(=O)C2(N)C3CCCOC3C2(C)C)C1.Cl.Cl. The number of amides is 1. The van der Waals surface area contributed by atoms with E-state index in [2.05, 4.69) is 32.8 Å². The molecular weight excluding hydrogens is 349 g/mol. The van der Waals surface area contributed by atoms with E-state index >= 15 is 0 Å². The van der Waals surface area contributed by atoms with Crippen molar-refractivity contribution >= 4 is 30.7 Å². The molecule has 3 fully saturated rings. The van der Waals surface area contributed by atoms with E-state index in [1.165, 1.54) is 0 Å². The molecule has 0 spiro atoms. The van der Waals surface area contributed by atoms with Crippen LogP contribution in [0.3, 0.4) is 0 Å². The summed E-state index contributed by atoms with van der Waals surface area (Å²) in [5.74, 6) is 0.333. The highest BCUT2D eigenvalue weighted by Crippen LogP contribution is 2.58. The van der Waals surface area contributed by atoms with Crippen LogP contribution < -0.4 is 5.73 Å². The van der Waals surface area contributed by atoms with Gasteiger partial charge in [-0.05, 0) is 39.8 Å². The number of ether oxygens (including phenoxy) is 1. The molecule has 4 unspecified atom stereocenters. The fraction of sp³-hybridized carbons (Fsp3) is 0.941. The second kappa shape index (κ2) is 7.67. The number of fused-ring (bicyclic) bond motifs is 1. The van der Waals surface area contributed by atoms with Gasteiger partial charge in [-0.15, -0.1) is 24.8 Å². The molecule has 7 heteroatoms. The summed E-state index contributed by atoms with van der Waals surface area (Å²) < 4.78 is 5.93. The average molecular weight is 382 g/mol. The number of carbonyl (C=O) groups excluding carboxylic acids is 1. The highest BCUT2D eigenvalue weighted by Gasteiger charge is 2.70. The van der Waals surface area contributed by atoms with E-state index in [9.17, 15) is 4.79 Å². The van der Waals surface area contributed by atoms with Crippen molar-refractivity contribution in [1.29, 1.82) is 0 Å². The minimum atomic E-state index is -0.758. The topological polar surface area (TPSA) is 58.8 Å². The summed E-state index contributed by atoms with van der Waals surface area (Å²) in [6.07, 6.45) is 4.40. The fourth-order valence-corrected chi connectivity index (χ4v) is 4.83. The number of rotatable bonds is 2. The molecule has 0 bridgehead atoms. The molecule has 2 saturated heterocycles. The largest absolute Gasteiger partial charge is 0.377 e. The third-order valence-electron chi connectivity index (χ3n) is 6.45. The number of nitrogens with zero attached hydrogens (tertiary/aromatic N) is 2. The Morgan fingerprint density at radius 1 is 1.21 bits per heavy atom. The molecule has 1 amide bonds. The molecule has 0 aromatic heterocycles. The van der Waals surface area contributed by atoms with Crippen molar-refractivity contribution in [2.24, 2.45) is 17.1 Å². The maximum absolute atomic E-state index is 13.3. The lowest BCUT2D eigenvalue weighted by Gasteiger charge is -2.66. The van der Waals surface area contributed by atoms with Crippen LogP contribution in [-0.4, -0.2) is 67.2 Å². The van der Waals surface area contributed by atoms with E-state index in [1.54, 1.807) is 0 Å². The van der Waals surface area contributed by atoms with Gasteiger partial charge in [0.25, 0.3) is 0 Å². The van der Waals surface area contributed by atoms with Gasteiger partial charge in [0.2, 0.25) is 5.91 Å². The van der Waals surface area contributed by atoms with Gasteiger partial charge in [0.1, 0.15) is 5.54 Å². The van der Waals surface area contributed by atoms with Crippen LogP contribution in [0.2, 0.25) is 0 Å². The Morgan fingerprint density at radius 3 is 2.50 bits per heavy atom. The molecular formula is C17H33Cl2N3O2. The minimum absolute atomic E-state index is 0. The van der Waals surface area contributed by atoms with E-state index in [0.29, 0.717) is 6.04 Å². The first-order valence-electron chi connectivity index (χ1n) is 8.66. The van der Waals surface area contributed by atoms with E-state index in [0.717, 1.165) is 45.4 Å². The summed E-state index contributed by atoms with van der Waals surface area (Å²) in [6.45, 7) is 6.66. The van der Waals surface area contributed by atoms with Crippen molar-refractivity contribution in [2.45, 2.75) is 57.2 Å². The molecule has 0 aromatic carbocycles. The zero-order valence-electron chi connectivity index (χ0n) is 15.3. The first-order chi connectivity index (χ1) is 10.3. The van der Waals surface area contributed by atoms with Crippen molar-refractivity contribution in [2.75, 3.05) is 33.8 Å². The number of likely N-dealkylation sites (N-methyl/N-ethyl adjacent to an activating group) is 1. The summed E-state index contributed by atoms with van der Waals surface area (Å²) in [5.41, 5.74) is 5.71. The third kappa shape index (κ3) is 3.07. The van der Waals surface area contributed by atoms with Crippen LogP contribution in [0, 0.1) is 11.3 Å². The second-order valence-corrected chi connectivity index (χ2v) is 8.14. The van der Waals surface area contributed by atoms with E-state index in [-0.39, 0.29) is 48.2 Å². The number of halogens is 2. The predicted octanol–water partition coefficient (Wildman–Crippen LogP) is 1.92. The van der Waals surface area contributed by atoms with Gasteiger partial charge in [-0.25, -0.2) is 0 Å². The van der Waals surface area contributed by atoms with Gasteiger partial charge >= 0.3 is 0 Å². The molecule has 1 saturated carbocycles. The second-order valence-electron chi connectivity index (χ2n) is 8.14. The van der Waals surface area contributed by atoms with Gasteiger partial charge in [0, 0.05) is 37.1 Å². The maximum atomic E-state index is 13.3. The first kappa shape index (κ1) is 22.0. The normalized spacial score (nSPS) is 37.6. The van der Waals surface area contributed by atoms with Gasteiger partial charge in [0.15, 0.2) is 0 Å². The number of nitrogens with two attached hydrogens (primary N) is 1. The number of likely N-dealkylation sites (tertiary alicyclic amines) is 1. The number of carbonyl (C=O) groups is 1. The van der Waals surface area contributed by atoms with E-state index < -0.39 is 5.54 Å². The Morgan fingerprint density at radius 2 is 1.88 bits per heavy atom. The number of hydrogen-bond donors (Lipinski definition) is 1. The van der Waals surface area contributed by atoms with Crippen LogP contribution in [0.5, 0.6) is 0 Å². The van der Waals surface area contributed by atoms with Gasteiger partial charge in [0.05, 0.1) is 6.10 Å². The third-order valence-corrected chi connectivity index (χ3v) is 6.45. The van der Waals surface area contributed by atoms with Crippen molar-refractivity contribution in [1.82, 2.24) is 9.80 Å². The Hall–Kier alpha value is -0.0700. The average Bonchev–Trinajstić information content (AvgIpc) is 2.53. The Balaban J connectivity index is 0.00000144. The zero-order valence-corrected chi connectivity index (χ0v) is 16.9. The van der Waals surface area contributed by atoms with Crippen LogP contribution in [0.25, 0.3) is 0 Å². The standard InChI is InChI=1S/C17H31N3O2.2ClH/c1-16(2)14-13(8-6-10-22-14)17(16,18)15(21)20-9-5-7-12(11-20)19(3)4;;/h12-14H,5-11,18H2,1-4H3;2*1H. The Labute approximate surface area is 158 Å². The van der Waals surface area contributed by atoms with Gasteiger partial charge in [-0.3, -0.25) is 4.79 Å². The molecule has 2 heterocycles. The zero-order chi connectivity index (χ0) is 16.1. The smallest absolute Gasteiger partial charge is 0.243 e. The fourth-order valence-electron chi connectivity index (χ4n) is 4.83. The quantitative estimate of drug-likeness (QED) is 0.793. The summed E-state index contributed by atoms with van der Waals surface area (Å²) in [7, 11) is 4.18. The minimum Gasteiger partial charge on any atom is -0.377 e. The van der Waals surface area contributed by atoms with Gasteiger partial charge in [-0.1, -0.05) is 13.8 Å². The Kier molecular flexibility index (Phi) is 7.02. The lowest BCUT2D eigenvalue weighted by Crippen LogP contribution is -2.82. The Bertz CT molecular complexity index is 461. The van der Waals surface area contributed by atoms with Crippen LogP contribution in [0.1, 0.15) is 39.5 Å². The van der Waals surface area contributed by atoms with Crippen molar-refractivity contribution in [3.05, 3.63) is 0 Å². The number of hydrogen-bond acceptors (Lipinski definition) is 4. The molecule has 2 aliphatic heterocycles. The molecule has 0 radical (unpaired) electrons. The maximum Gasteiger partial charge on any atom is 0.243 e. The summed E-state index contributed by atoms with van der Waals surface area (Å²) in [6, 6.07) is 0.447. The molecule has 5 nitrogen and oxygen atoms in total. The molecule has 1 aliphatic carbocycles. The van der Waals surface area contributed by atoms with Crippen LogP contribution in [-0.2, 0) is 9.53 Å². The lowest BCUT2D eigenvalue weighted by atomic mass is 9.46. The number of piperidine rings is 1. The van der Waals surface area contributed by atoms with Crippen molar-refractivity contribution in [3.8, 4) is 0 Å².